The van der Waals surface area contributed by atoms with E-state index in [1.165, 1.54) is 0 Å². The third-order valence-electron chi connectivity index (χ3n) is 7.00. The molecule has 0 heterocycles. The highest BCUT2D eigenvalue weighted by molar-refractivity contribution is 5.64. The molecule has 3 aromatic carbocycles. The number of hydrogen-bond donors (Lipinski definition) is 3. The van der Waals surface area contributed by atoms with Crippen LogP contribution in [0.5, 0.6) is 0 Å². The van der Waals surface area contributed by atoms with Gasteiger partial charge in [-0.25, -0.2) is 0 Å². The topological polar surface area (TPSA) is 72.3 Å². The summed E-state index contributed by atoms with van der Waals surface area (Å²) in [7, 11) is 0. The fraction of sp³-hybridized carbons (Fsp3) is 0.419. The zero-order valence-electron chi connectivity index (χ0n) is 22.1. The second-order valence-electron chi connectivity index (χ2n) is 10.8. The monoisotopic (exact) mass is 458 g/mol. The lowest BCUT2D eigenvalue weighted by Gasteiger charge is -2.34. The van der Waals surface area contributed by atoms with Crippen molar-refractivity contribution >= 4 is 11.4 Å². The molecule has 0 radical (unpaired) electrons. The predicted molar refractivity (Wildman–Crippen MR) is 147 cm³/mol. The van der Waals surface area contributed by atoms with E-state index in [2.05, 4.69) is 79.7 Å². The second kappa shape index (κ2) is 9.84. The van der Waals surface area contributed by atoms with Crippen LogP contribution in [0.3, 0.4) is 0 Å². The van der Waals surface area contributed by atoms with E-state index in [4.69, 9.17) is 11.5 Å². The maximum atomic E-state index is 12.8. The van der Waals surface area contributed by atoms with Crippen LogP contribution in [0, 0.1) is 0 Å². The van der Waals surface area contributed by atoms with Crippen LogP contribution in [0.1, 0.15) is 118 Å². The number of nitrogen functional groups attached to an aromatic ring is 2. The first-order valence-corrected chi connectivity index (χ1v) is 12.5. The van der Waals surface area contributed by atoms with Crippen LogP contribution in [-0.4, -0.2) is 5.11 Å². The minimum atomic E-state index is -1.34. The van der Waals surface area contributed by atoms with E-state index < -0.39 is 5.60 Å². The number of nitrogens with two attached hydrogens (primary N) is 2. The average Bonchev–Trinajstić information content (AvgIpc) is 2.78. The van der Waals surface area contributed by atoms with Gasteiger partial charge >= 0.3 is 0 Å². The van der Waals surface area contributed by atoms with Crippen molar-refractivity contribution in [3.63, 3.8) is 0 Å². The average molecular weight is 459 g/mol. The summed E-state index contributed by atoms with van der Waals surface area (Å²) in [6.07, 6.45) is 0. The van der Waals surface area contributed by atoms with Gasteiger partial charge in [-0.05, 0) is 86.9 Å². The molecule has 0 bridgehead atoms. The van der Waals surface area contributed by atoms with Gasteiger partial charge in [0.2, 0.25) is 0 Å². The Morgan fingerprint density at radius 3 is 1.09 bits per heavy atom. The Labute approximate surface area is 206 Å². The summed E-state index contributed by atoms with van der Waals surface area (Å²) in [5.74, 6) is 0.949. The molecule has 5 N–H and O–H groups in total. The molecule has 3 nitrogen and oxygen atoms in total. The molecule has 0 saturated heterocycles. The van der Waals surface area contributed by atoms with Crippen LogP contribution < -0.4 is 11.5 Å². The normalized spacial score (nSPS) is 12.4. The van der Waals surface area contributed by atoms with Gasteiger partial charge in [0.05, 0.1) is 0 Å². The van der Waals surface area contributed by atoms with Gasteiger partial charge in [-0.15, -0.1) is 0 Å². The van der Waals surface area contributed by atoms with Crippen molar-refractivity contribution in [2.45, 2.75) is 84.7 Å². The van der Waals surface area contributed by atoms with Crippen LogP contribution in [-0.2, 0) is 5.60 Å². The highest BCUT2D eigenvalue weighted by Gasteiger charge is 2.36. The maximum Gasteiger partial charge on any atom is 0.140 e. The Morgan fingerprint density at radius 1 is 0.529 bits per heavy atom. The smallest absolute Gasteiger partial charge is 0.140 e. The van der Waals surface area contributed by atoms with E-state index in [1.54, 1.807) is 0 Å². The van der Waals surface area contributed by atoms with Crippen LogP contribution >= 0.6 is 0 Å². The van der Waals surface area contributed by atoms with Crippen LogP contribution in [0.2, 0.25) is 0 Å². The van der Waals surface area contributed by atoms with Crippen LogP contribution in [0.4, 0.5) is 11.4 Å². The molecule has 3 heteroatoms. The minimum Gasteiger partial charge on any atom is -0.398 e. The molecule has 0 saturated carbocycles. The molecule has 0 aliphatic rings. The zero-order chi connectivity index (χ0) is 25.4. The van der Waals surface area contributed by atoms with Gasteiger partial charge in [0.25, 0.3) is 0 Å². The molecule has 0 aromatic heterocycles. The van der Waals surface area contributed by atoms with Gasteiger partial charge < -0.3 is 16.6 Å². The first-order valence-electron chi connectivity index (χ1n) is 12.5. The molecule has 0 aliphatic carbocycles. The first kappa shape index (κ1) is 25.8. The molecule has 0 amide bonds. The zero-order valence-corrected chi connectivity index (χ0v) is 22.1. The SMILES string of the molecule is CC(C)c1cc(C(O)(c2ccccc2)c2cc(C(C)C)c(N)c(C(C)C)c2)cc(C(C)C)c1N. The summed E-state index contributed by atoms with van der Waals surface area (Å²) < 4.78 is 0. The van der Waals surface area contributed by atoms with Gasteiger partial charge in [0.15, 0.2) is 0 Å². The van der Waals surface area contributed by atoms with Crippen molar-refractivity contribution in [2.75, 3.05) is 11.5 Å². The standard InChI is InChI=1S/C31H42N2O/c1-18(2)25-14-23(15-26(19(3)4)29(25)32)31(34,22-12-10-9-11-13-22)24-16-27(20(5)6)30(33)28(17-24)21(7)8/h9-21,34H,32-33H2,1-8H3. The third kappa shape index (κ3) is 4.59. The Bertz CT molecular complexity index is 1020. The predicted octanol–water partition coefficient (Wildman–Crippen LogP) is 7.63. The van der Waals surface area contributed by atoms with E-state index in [1.807, 2.05) is 30.3 Å². The fourth-order valence-electron chi connectivity index (χ4n) is 4.91. The molecular formula is C31H42N2O. The Balaban J connectivity index is 2.47. The molecule has 0 spiro atoms. The van der Waals surface area contributed by atoms with E-state index >= 15 is 0 Å². The lowest BCUT2D eigenvalue weighted by molar-refractivity contribution is 0.125. The summed E-state index contributed by atoms with van der Waals surface area (Å²) in [5, 5.41) is 12.8. The van der Waals surface area contributed by atoms with Crippen molar-refractivity contribution in [2.24, 2.45) is 0 Å². The highest BCUT2D eigenvalue weighted by atomic mass is 16.3. The first-order chi connectivity index (χ1) is 15.9. The summed E-state index contributed by atoms with van der Waals surface area (Å²) in [4.78, 5) is 0. The molecule has 3 rings (SSSR count). The molecule has 3 aromatic rings. The van der Waals surface area contributed by atoms with Gasteiger partial charge in [-0.2, -0.15) is 0 Å². The molecule has 0 fully saturated rings. The number of anilines is 2. The quantitative estimate of drug-likeness (QED) is 0.252. The Kier molecular flexibility index (Phi) is 7.47. The number of aliphatic hydroxyl groups is 1. The van der Waals surface area contributed by atoms with E-state index in [0.717, 1.165) is 50.3 Å². The summed E-state index contributed by atoms with van der Waals surface area (Å²) in [5.41, 5.74) is 20.3. The molecule has 182 valence electrons. The van der Waals surface area contributed by atoms with Crippen molar-refractivity contribution in [3.8, 4) is 0 Å². The van der Waals surface area contributed by atoms with Crippen molar-refractivity contribution in [1.82, 2.24) is 0 Å². The van der Waals surface area contributed by atoms with E-state index in [9.17, 15) is 5.11 Å². The highest BCUT2D eigenvalue weighted by Crippen LogP contribution is 2.44. The Morgan fingerprint density at radius 2 is 0.824 bits per heavy atom. The lowest BCUT2D eigenvalue weighted by atomic mass is 9.75. The summed E-state index contributed by atoms with van der Waals surface area (Å²) in [6, 6.07) is 18.3. The van der Waals surface area contributed by atoms with Crippen molar-refractivity contribution in [1.29, 1.82) is 0 Å². The second-order valence-corrected chi connectivity index (χ2v) is 10.8. The molecular weight excluding hydrogens is 416 g/mol. The van der Waals surface area contributed by atoms with Gasteiger partial charge in [0, 0.05) is 11.4 Å². The summed E-state index contributed by atoms with van der Waals surface area (Å²) in [6.45, 7) is 17.2. The number of hydrogen-bond acceptors (Lipinski definition) is 3. The minimum absolute atomic E-state index is 0.237. The van der Waals surface area contributed by atoms with Gasteiger partial charge in [0.1, 0.15) is 5.60 Å². The number of rotatable bonds is 7. The summed E-state index contributed by atoms with van der Waals surface area (Å²) >= 11 is 0. The number of benzene rings is 3. The van der Waals surface area contributed by atoms with Crippen LogP contribution in [0.15, 0.2) is 54.6 Å². The van der Waals surface area contributed by atoms with Crippen LogP contribution in [0.25, 0.3) is 0 Å². The molecule has 0 atom stereocenters. The largest absolute Gasteiger partial charge is 0.398 e. The lowest BCUT2D eigenvalue weighted by Crippen LogP contribution is -2.30. The van der Waals surface area contributed by atoms with E-state index in [-0.39, 0.29) is 23.7 Å². The molecule has 0 unspecified atom stereocenters. The molecule has 34 heavy (non-hydrogen) atoms. The molecule has 0 aliphatic heterocycles. The van der Waals surface area contributed by atoms with E-state index in [0.29, 0.717) is 0 Å². The van der Waals surface area contributed by atoms with Gasteiger partial charge in [-0.1, -0.05) is 85.7 Å². The van der Waals surface area contributed by atoms with Gasteiger partial charge in [-0.3, -0.25) is 0 Å². The van der Waals surface area contributed by atoms with Crippen molar-refractivity contribution < 1.29 is 5.11 Å². The fourth-order valence-corrected chi connectivity index (χ4v) is 4.91. The maximum absolute atomic E-state index is 12.8. The Hall–Kier alpha value is -2.78. The van der Waals surface area contributed by atoms with Crippen molar-refractivity contribution in [3.05, 3.63) is 93.5 Å². The third-order valence-corrected chi connectivity index (χ3v) is 7.00.